The third kappa shape index (κ3) is 4.14. The number of aliphatic imine (C=N–C) groups is 1. The van der Waals surface area contributed by atoms with Crippen molar-refractivity contribution in [2.75, 3.05) is 7.11 Å². The lowest BCUT2D eigenvalue weighted by molar-refractivity contribution is -0.384. The highest BCUT2D eigenvalue weighted by atomic mass is 16.6. The second-order valence-electron chi connectivity index (χ2n) is 7.66. The minimum atomic E-state index is -0.464. The maximum absolute atomic E-state index is 13.4. The fourth-order valence-corrected chi connectivity index (χ4v) is 4.02. The molecule has 8 nitrogen and oxygen atoms in total. The molecule has 160 valence electrons. The molecule has 31 heavy (non-hydrogen) atoms. The number of ether oxygens (including phenoxy) is 1. The first-order valence-corrected chi connectivity index (χ1v) is 10.3. The first-order valence-electron chi connectivity index (χ1n) is 10.3. The van der Waals surface area contributed by atoms with Crippen LogP contribution in [0.2, 0.25) is 0 Å². The number of hydrogen-bond donors (Lipinski definition) is 1. The Bertz CT molecular complexity index is 1170. The summed E-state index contributed by atoms with van der Waals surface area (Å²) in [6.07, 6.45) is 4.40. The van der Waals surface area contributed by atoms with Gasteiger partial charge in [0.1, 0.15) is 5.75 Å². The van der Waals surface area contributed by atoms with Crippen molar-refractivity contribution in [3.8, 4) is 22.7 Å². The number of benzene rings is 2. The van der Waals surface area contributed by atoms with Crippen molar-refractivity contribution >= 4 is 11.4 Å². The molecule has 0 radical (unpaired) electrons. The van der Waals surface area contributed by atoms with Crippen LogP contribution < -0.4 is 10.3 Å². The van der Waals surface area contributed by atoms with Gasteiger partial charge in [0.15, 0.2) is 0 Å². The molecule has 1 saturated carbocycles. The monoisotopic (exact) mass is 420 g/mol. The number of nitrogens with zero attached hydrogens (tertiary/aromatic N) is 3. The van der Waals surface area contributed by atoms with E-state index in [1.165, 1.54) is 16.8 Å². The molecule has 0 saturated heterocycles. The molecule has 1 aliphatic carbocycles. The highest BCUT2D eigenvalue weighted by Crippen LogP contribution is 2.26. The number of aromatic amines is 1. The Morgan fingerprint density at radius 3 is 2.35 bits per heavy atom. The highest BCUT2D eigenvalue weighted by molar-refractivity contribution is 6.03. The largest absolute Gasteiger partial charge is 0.497 e. The Labute approximate surface area is 179 Å². The molecule has 0 bridgehead atoms. The number of aromatic nitrogens is 2. The van der Waals surface area contributed by atoms with Gasteiger partial charge in [-0.1, -0.05) is 12.8 Å². The third-order valence-corrected chi connectivity index (χ3v) is 5.65. The third-order valence-electron chi connectivity index (χ3n) is 5.65. The minimum Gasteiger partial charge on any atom is -0.497 e. The summed E-state index contributed by atoms with van der Waals surface area (Å²) in [6.45, 7) is 1.87. The standard InChI is InChI=1S/C23H24N4O4/c1-15(24-17-5-3-4-6-17)21-22(16-7-13-20(31-2)14-8-16)25-26(23(21)28)18-9-11-19(12-10-18)27(29)30/h7-14,17,25H,3-6H2,1-2H3. The molecule has 1 fully saturated rings. The molecule has 1 heterocycles. The first kappa shape index (κ1) is 20.6. The van der Waals surface area contributed by atoms with E-state index < -0.39 is 4.92 Å². The van der Waals surface area contributed by atoms with Gasteiger partial charge in [0.2, 0.25) is 0 Å². The van der Waals surface area contributed by atoms with Gasteiger partial charge < -0.3 is 4.74 Å². The molecule has 0 spiro atoms. The van der Waals surface area contributed by atoms with Crippen LogP contribution in [-0.4, -0.2) is 33.6 Å². The zero-order chi connectivity index (χ0) is 22.0. The Morgan fingerprint density at radius 1 is 1.13 bits per heavy atom. The summed E-state index contributed by atoms with van der Waals surface area (Å²) in [5.41, 5.74) is 2.94. The second-order valence-corrected chi connectivity index (χ2v) is 7.66. The molecule has 1 aliphatic rings. The Hall–Kier alpha value is -3.68. The van der Waals surface area contributed by atoms with Crippen molar-refractivity contribution in [2.45, 2.75) is 38.6 Å². The van der Waals surface area contributed by atoms with Crippen LogP contribution in [0.3, 0.4) is 0 Å². The highest BCUT2D eigenvalue weighted by Gasteiger charge is 2.22. The summed E-state index contributed by atoms with van der Waals surface area (Å²) in [6, 6.07) is 13.6. The summed E-state index contributed by atoms with van der Waals surface area (Å²) in [5, 5.41) is 14.2. The van der Waals surface area contributed by atoms with Crippen LogP contribution in [0, 0.1) is 10.1 Å². The number of nitrogens with one attached hydrogen (secondary N) is 1. The summed E-state index contributed by atoms with van der Waals surface area (Å²) in [7, 11) is 1.60. The Kier molecular flexibility index (Phi) is 5.70. The molecule has 4 rings (SSSR count). The number of rotatable bonds is 6. The fraction of sp³-hybridized carbons (Fsp3) is 0.304. The van der Waals surface area contributed by atoms with Crippen LogP contribution in [-0.2, 0) is 0 Å². The number of non-ortho nitro benzene ring substituents is 1. The number of nitro benzene ring substituents is 1. The average Bonchev–Trinajstić information content (AvgIpc) is 3.41. The van der Waals surface area contributed by atoms with E-state index in [-0.39, 0.29) is 17.3 Å². The lowest BCUT2D eigenvalue weighted by atomic mass is 10.0. The topological polar surface area (TPSA) is 103 Å². The van der Waals surface area contributed by atoms with Gasteiger partial charge >= 0.3 is 0 Å². The summed E-state index contributed by atoms with van der Waals surface area (Å²) < 4.78 is 6.65. The van der Waals surface area contributed by atoms with Crippen molar-refractivity contribution in [1.82, 2.24) is 9.78 Å². The van der Waals surface area contributed by atoms with E-state index in [0.717, 1.165) is 37.0 Å². The fourth-order valence-electron chi connectivity index (χ4n) is 4.02. The minimum absolute atomic E-state index is 0.0297. The molecule has 1 aromatic heterocycles. The smallest absolute Gasteiger partial charge is 0.280 e. The van der Waals surface area contributed by atoms with Gasteiger partial charge in [0.05, 0.1) is 35.0 Å². The maximum Gasteiger partial charge on any atom is 0.280 e. The van der Waals surface area contributed by atoms with Gasteiger partial charge in [-0.2, -0.15) is 0 Å². The van der Waals surface area contributed by atoms with Crippen molar-refractivity contribution in [2.24, 2.45) is 4.99 Å². The van der Waals surface area contributed by atoms with Crippen molar-refractivity contribution in [1.29, 1.82) is 0 Å². The van der Waals surface area contributed by atoms with Gasteiger partial charge in [-0.15, -0.1) is 0 Å². The van der Waals surface area contributed by atoms with Gasteiger partial charge in [0.25, 0.3) is 11.2 Å². The predicted molar refractivity (Wildman–Crippen MR) is 119 cm³/mol. The number of nitro groups is 1. The van der Waals surface area contributed by atoms with Crippen molar-refractivity contribution < 1.29 is 9.66 Å². The van der Waals surface area contributed by atoms with Gasteiger partial charge in [-0.3, -0.25) is 25.0 Å². The van der Waals surface area contributed by atoms with E-state index in [4.69, 9.17) is 9.73 Å². The van der Waals surface area contributed by atoms with E-state index >= 15 is 0 Å². The molecule has 8 heteroatoms. The van der Waals surface area contributed by atoms with Crippen LogP contribution in [0.5, 0.6) is 5.75 Å². The summed E-state index contributed by atoms with van der Waals surface area (Å²) in [4.78, 5) is 28.8. The van der Waals surface area contributed by atoms with Gasteiger partial charge in [-0.25, -0.2) is 4.68 Å². The lowest BCUT2D eigenvalue weighted by Gasteiger charge is -2.07. The van der Waals surface area contributed by atoms with Crippen LogP contribution in [0.1, 0.15) is 38.2 Å². The summed E-state index contributed by atoms with van der Waals surface area (Å²) >= 11 is 0. The van der Waals surface area contributed by atoms with Crippen LogP contribution in [0.4, 0.5) is 5.69 Å². The molecule has 0 aliphatic heterocycles. The maximum atomic E-state index is 13.4. The quantitative estimate of drug-likeness (QED) is 0.360. The molecule has 0 atom stereocenters. The Balaban J connectivity index is 1.84. The molecule has 0 amide bonds. The number of methoxy groups -OCH3 is 1. The average molecular weight is 420 g/mol. The lowest BCUT2D eigenvalue weighted by Crippen LogP contribution is -2.20. The predicted octanol–water partition coefficient (Wildman–Crippen LogP) is 4.50. The molecule has 2 aromatic carbocycles. The first-order chi connectivity index (χ1) is 15.0. The van der Waals surface area contributed by atoms with E-state index in [1.54, 1.807) is 19.2 Å². The van der Waals surface area contributed by atoms with Gasteiger partial charge in [-0.05, 0) is 56.2 Å². The van der Waals surface area contributed by atoms with E-state index in [1.807, 2.05) is 31.2 Å². The van der Waals surface area contributed by atoms with E-state index in [0.29, 0.717) is 22.7 Å². The molecular weight excluding hydrogens is 396 g/mol. The SMILES string of the molecule is COc1ccc(-c2[nH]n(-c3ccc([N+](=O)[O-])cc3)c(=O)c2C(C)=NC2CCCC2)cc1. The van der Waals surface area contributed by atoms with Crippen molar-refractivity contribution in [3.63, 3.8) is 0 Å². The Morgan fingerprint density at radius 2 is 1.77 bits per heavy atom. The van der Waals surface area contributed by atoms with Crippen LogP contribution in [0.15, 0.2) is 58.3 Å². The van der Waals surface area contributed by atoms with E-state index in [2.05, 4.69) is 5.10 Å². The summed E-state index contributed by atoms with van der Waals surface area (Å²) in [5.74, 6) is 0.721. The normalized spacial score (nSPS) is 14.7. The second kappa shape index (κ2) is 8.59. The number of hydrogen-bond acceptors (Lipinski definition) is 5. The molecule has 0 unspecified atom stereocenters. The van der Waals surface area contributed by atoms with Crippen molar-refractivity contribution in [3.05, 3.63) is 74.6 Å². The zero-order valence-electron chi connectivity index (χ0n) is 17.5. The van der Waals surface area contributed by atoms with Gasteiger partial charge in [0, 0.05) is 23.4 Å². The molecular formula is C23H24N4O4. The van der Waals surface area contributed by atoms with Crippen LogP contribution in [0.25, 0.3) is 16.9 Å². The molecule has 1 N–H and O–H groups in total. The van der Waals surface area contributed by atoms with E-state index in [9.17, 15) is 14.9 Å². The molecule has 3 aromatic rings. The number of H-pyrrole nitrogens is 1. The van der Waals surface area contributed by atoms with Crippen LogP contribution >= 0.6 is 0 Å². The zero-order valence-corrected chi connectivity index (χ0v) is 17.5.